The zero-order valence-electron chi connectivity index (χ0n) is 11.5. The van der Waals surface area contributed by atoms with Crippen LogP contribution < -0.4 is 5.32 Å². The lowest BCUT2D eigenvalue weighted by atomic mass is 9.84. The van der Waals surface area contributed by atoms with Gasteiger partial charge in [-0.25, -0.2) is 0 Å². The first-order valence-electron chi connectivity index (χ1n) is 7.13. The molecule has 1 unspecified atom stereocenters. The normalized spacial score (nSPS) is 18.2. The maximum atomic E-state index is 10.6. The van der Waals surface area contributed by atoms with Crippen LogP contribution in [0.1, 0.15) is 44.6 Å². The number of nitrogens with zero attached hydrogens (tertiary/aromatic N) is 1. The number of nitro benzene ring substituents is 1. The van der Waals surface area contributed by atoms with Crippen molar-refractivity contribution in [2.45, 2.75) is 51.6 Å². The topological polar surface area (TPSA) is 55.2 Å². The van der Waals surface area contributed by atoms with Crippen molar-refractivity contribution in [3.05, 3.63) is 39.9 Å². The maximum absolute atomic E-state index is 10.6. The number of nitrogens with one attached hydrogen (secondary N) is 1. The molecule has 1 saturated carbocycles. The lowest BCUT2D eigenvalue weighted by Crippen LogP contribution is -2.34. The summed E-state index contributed by atoms with van der Waals surface area (Å²) in [5, 5.41) is 14.1. The van der Waals surface area contributed by atoms with Crippen LogP contribution in [0.2, 0.25) is 0 Å². The van der Waals surface area contributed by atoms with E-state index in [1.807, 2.05) is 12.1 Å². The van der Waals surface area contributed by atoms with E-state index in [1.165, 1.54) is 32.1 Å². The van der Waals surface area contributed by atoms with Crippen LogP contribution in [0.4, 0.5) is 5.69 Å². The molecule has 4 heteroatoms. The molecule has 1 aliphatic carbocycles. The van der Waals surface area contributed by atoms with Crippen molar-refractivity contribution in [2.24, 2.45) is 5.92 Å². The summed E-state index contributed by atoms with van der Waals surface area (Å²) < 4.78 is 0. The Balaban J connectivity index is 1.82. The third-order valence-electron chi connectivity index (χ3n) is 4.13. The zero-order chi connectivity index (χ0) is 13.7. The number of nitro groups is 1. The van der Waals surface area contributed by atoms with E-state index in [-0.39, 0.29) is 10.6 Å². The zero-order valence-corrected chi connectivity index (χ0v) is 11.5. The van der Waals surface area contributed by atoms with Gasteiger partial charge in [-0.2, -0.15) is 0 Å². The number of benzene rings is 1. The van der Waals surface area contributed by atoms with Gasteiger partial charge in [0.05, 0.1) is 4.92 Å². The third-order valence-corrected chi connectivity index (χ3v) is 4.13. The summed E-state index contributed by atoms with van der Waals surface area (Å²) in [5.74, 6) is 0.784. The Labute approximate surface area is 114 Å². The van der Waals surface area contributed by atoms with Gasteiger partial charge >= 0.3 is 0 Å². The molecule has 1 atom stereocenters. The molecule has 104 valence electrons. The van der Waals surface area contributed by atoms with E-state index >= 15 is 0 Å². The van der Waals surface area contributed by atoms with Crippen molar-refractivity contribution in [3.63, 3.8) is 0 Å². The molecule has 19 heavy (non-hydrogen) atoms. The van der Waals surface area contributed by atoms with Gasteiger partial charge in [0.1, 0.15) is 0 Å². The van der Waals surface area contributed by atoms with Crippen LogP contribution in [0.15, 0.2) is 24.3 Å². The second-order valence-corrected chi connectivity index (χ2v) is 5.49. The van der Waals surface area contributed by atoms with Crippen LogP contribution in [0, 0.1) is 16.0 Å². The van der Waals surface area contributed by atoms with E-state index in [0.717, 1.165) is 18.0 Å². The van der Waals surface area contributed by atoms with Crippen LogP contribution >= 0.6 is 0 Å². The molecule has 0 amide bonds. The molecule has 4 nitrogen and oxygen atoms in total. The van der Waals surface area contributed by atoms with Crippen molar-refractivity contribution >= 4 is 5.69 Å². The van der Waals surface area contributed by atoms with Gasteiger partial charge in [0.25, 0.3) is 5.69 Å². The summed E-state index contributed by atoms with van der Waals surface area (Å²) in [6.45, 7) is 3.04. The minimum absolute atomic E-state index is 0.157. The average Bonchev–Trinajstić information content (AvgIpc) is 2.46. The molecule has 1 aromatic rings. The molecule has 0 saturated heterocycles. The highest BCUT2D eigenvalue weighted by Gasteiger charge is 2.19. The fourth-order valence-electron chi connectivity index (χ4n) is 2.82. The molecule has 0 heterocycles. The highest BCUT2D eigenvalue weighted by atomic mass is 16.6. The number of rotatable bonds is 5. The standard InChI is InChI=1S/C15H22N2O2/c1-12(14-5-3-2-4-6-14)16-11-13-7-9-15(10-8-13)17(18)19/h7-10,12,14,16H,2-6,11H2,1H3. The van der Waals surface area contributed by atoms with E-state index in [4.69, 9.17) is 0 Å². The minimum atomic E-state index is -0.359. The predicted molar refractivity (Wildman–Crippen MR) is 76.0 cm³/mol. The molecule has 0 spiro atoms. The predicted octanol–water partition coefficient (Wildman–Crippen LogP) is 3.65. The molecular weight excluding hydrogens is 240 g/mol. The number of hydrogen-bond acceptors (Lipinski definition) is 3. The molecule has 0 aromatic heterocycles. The van der Waals surface area contributed by atoms with Crippen molar-refractivity contribution in [1.82, 2.24) is 5.32 Å². The van der Waals surface area contributed by atoms with E-state index < -0.39 is 0 Å². The smallest absolute Gasteiger partial charge is 0.269 e. The van der Waals surface area contributed by atoms with Crippen molar-refractivity contribution in [3.8, 4) is 0 Å². The Bertz CT molecular complexity index is 411. The van der Waals surface area contributed by atoms with Gasteiger partial charge in [-0.3, -0.25) is 10.1 Å². The van der Waals surface area contributed by atoms with Crippen LogP contribution in [-0.2, 0) is 6.54 Å². The Morgan fingerprint density at radius 3 is 2.47 bits per heavy atom. The molecule has 0 radical (unpaired) electrons. The molecule has 1 N–H and O–H groups in total. The fourth-order valence-corrected chi connectivity index (χ4v) is 2.82. The average molecular weight is 262 g/mol. The molecule has 1 aliphatic rings. The van der Waals surface area contributed by atoms with Crippen LogP contribution in [0.3, 0.4) is 0 Å². The van der Waals surface area contributed by atoms with Gasteiger partial charge in [-0.15, -0.1) is 0 Å². The Kier molecular flexibility index (Phi) is 4.91. The van der Waals surface area contributed by atoms with Crippen LogP contribution in [0.25, 0.3) is 0 Å². The molecule has 1 aromatic carbocycles. The quantitative estimate of drug-likeness (QED) is 0.651. The van der Waals surface area contributed by atoms with Crippen molar-refractivity contribution in [1.29, 1.82) is 0 Å². The molecule has 0 bridgehead atoms. The molecule has 2 rings (SSSR count). The lowest BCUT2D eigenvalue weighted by molar-refractivity contribution is -0.384. The summed E-state index contributed by atoms with van der Waals surface area (Å²) in [4.78, 5) is 10.2. The van der Waals surface area contributed by atoms with Gasteiger partial charge in [-0.1, -0.05) is 31.4 Å². The van der Waals surface area contributed by atoms with Gasteiger partial charge in [0.2, 0.25) is 0 Å². The van der Waals surface area contributed by atoms with E-state index in [2.05, 4.69) is 12.2 Å². The monoisotopic (exact) mass is 262 g/mol. The van der Waals surface area contributed by atoms with Gasteiger partial charge in [0, 0.05) is 24.7 Å². The highest BCUT2D eigenvalue weighted by molar-refractivity contribution is 5.32. The largest absolute Gasteiger partial charge is 0.310 e. The maximum Gasteiger partial charge on any atom is 0.269 e. The first-order chi connectivity index (χ1) is 9.16. The number of hydrogen-bond donors (Lipinski definition) is 1. The second kappa shape index (κ2) is 6.66. The van der Waals surface area contributed by atoms with Gasteiger partial charge in [0.15, 0.2) is 0 Å². The summed E-state index contributed by atoms with van der Waals surface area (Å²) in [6, 6.07) is 7.33. The number of non-ortho nitro benzene ring substituents is 1. The molecule has 0 aliphatic heterocycles. The third kappa shape index (κ3) is 4.03. The van der Waals surface area contributed by atoms with Crippen molar-refractivity contribution < 1.29 is 4.92 Å². The Morgan fingerprint density at radius 2 is 1.89 bits per heavy atom. The first kappa shape index (κ1) is 14.0. The van der Waals surface area contributed by atoms with Gasteiger partial charge in [-0.05, 0) is 31.2 Å². The van der Waals surface area contributed by atoms with E-state index in [9.17, 15) is 10.1 Å². The second-order valence-electron chi connectivity index (χ2n) is 5.49. The van der Waals surface area contributed by atoms with Crippen LogP contribution in [0.5, 0.6) is 0 Å². The fraction of sp³-hybridized carbons (Fsp3) is 0.600. The van der Waals surface area contributed by atoms with Gasteiger partial charge < -0.3 is 5.32 Å². The Hall–Kier alpha value is -1.42. The summed E-state index contributed by atoms with van der Waals surface area (Å²) in [7, 11) is 0. The van der Waals surface area contributed by atoms with Crippen molar-refractivity contribution in [2.75, 3.05) is 0 Å². The van der Waals surface area contributed by atoms with Crippen LogP contribution in [-0.4, -0.2) is 11.0 Å². The van der Waals surface area contributed by atoms with E-state index in [1.54, 1.807) is 12.1 Å². The summed E-state index contributed by atoms with van der Waals surface area (Å²) >= 11 is 0. The highest BCUT2D eigenvalue weighted by Crippen LogP contribution is 2.26. The first-order valence-corrected chi connectivity index (χ1v) is 7.13. The minimum Gasteiger partial charge on any atom is -0.310 e. The molecule has 1 fully saturated rings. The summed E-state index contributed by atoms with van der Waals surface area (Å²) in [5.41, 5.74) is 1.26. The molecular formula is C15H22N2O2. The lowest BCUT2D eigenvalue weighted by Gasteiger charge is -2.28. The SMILES string of the molecule is CC(NCc1ccc([N+](=O)[O-])cc1)C1CCCCC1. The summed E-state index contributed by atoms with van der Waals surface area (Å²) in [6.07, 6.45) is 6.75. The van der Waals surface area contributed by atoms with E-state index in [0.29, 0.717) is 6.04 Å². The Morgan fingerprint density at radius 1 is 1.26 bits per heavy atom.